The van der Waals surface area contributed by atoms with Crippen LogP contribution in [0.3, 0.4) is 0 Å². The minimum absolute atomic E-state index is 0.279. The van der Waals surface area contributed by atoms with E-state index in [1.165, 1.54) is 19.3 Å². The molecule has 0 aliphatic heterocycles. The predicted octanol–water partition coefficient (Wildman–Crippen LogP) is 3.59. The van der Waals surface area contributed by atoms with Crippen LogP contribution >= 0.6 is 0 Å². The van der Waals surface area contributed by atoms with Crippen molar-refractivity contribution in [2.75, 3.05) is 6.54 Å². The van der Waals surface area contributed by atoms with Gasteiger partial charge in [-0.15, -0.1) is 0 Å². The van der Waals surface area contributed by atoms with Crippen LogP contribution in [0.2, 0.25) is 0 Å². The van der Waals surface area contributed by atoms with E-state index in [9.17, 15) is 0 Å². The Hall–Kier alpha value is -0.0400. The van der Waals surface area contributed by atoms with E-state index in [-0.39, 0.29) is 5.54 Å². The molecule has 0 aromatic carbocycles. The van der Waals surface area contributed by atoms with Gasteiger partial charge in [0, 0.05) is 5.54 Å². The molecule has 80 valence electrons. The molecule has 1 N–H and O–H groups in total. The van der Waals surface area contributed by atoms with Gasteiger partial charge in [0.05, 0.1) is 0 Å². The third-order valence-corrected chi connectivity index (χ3v) is 2.01. The van der Waals surface area contributed by atoms with Crippen molar-refractivity contribution in [1.82, 2.24) is 5.32 Å². The molecular formula is C12H27N. The van der Waals surface area contributed by atoms with Crippen molar-refractivity contribution < 1.29 is 0 Å². The van der Waals surface area contributed by atoms with Gasteiger partial charge in [-0.2, -0.15) is 0 Å². The van der Waals surface area contributed by atoms with Crippen LogP contribution in [-0.4, -0.2) is 12.1 Å². The summed E-state index contributed by atoms with van der Waals surface area (Å²) in [6.45, 7) is 14.7. The standard InChI is InChI=1S/C12H27N/c1-11(2,3)9-7-8-10-13-12(4,5)6/h13H,7-10H2,1-6H3. The fourth-order valence-electron chi connectivity index (χ4n) is 1.24. The summed E-state index contributed by atoms with van der Waals surface area (Å²) in [6.07, 6.45) is 3.97. The lowest BCUT2D eigenvalue weighted by Gasteiger charge is -2.21. The molecule has 0 unspecified atom stereocenters. The van der Waals surface area contributed by atoms with E-state index in [1.807, 2.05) is 0 Å². The summed E-state index contributed by atoms with van der Waals surface area (Å²) in [7, 11) is 0. The molecule has 0 amide bonds. The molecular weight excluding hydrogens is 158 g/mol. The van der Waals surface area contributed by atoms with E-state index in [1.54, 1.807) is 0 Å². The number of hydrogen-bond acceptors (Lipinski definition) is 1. The maximum Gasteiger partial charge on any atom is 0.00965 e. The van der Waals surface area contributed by atoms with Crippen LogP contribution < -0.4 is 5.32 Å². The van der Waals surface area contributed by atoms with Crippen molar-refractivity contribution in [1.29, 1.82) is 0 Å². The van der Waals surface area contributed by atoms with Crippen LogP contribution in [0, 0.1) is 5.41 Å². The first-order valence-electron chi connectivity index (χ1n) is 5.46. The Morgan fingerprint density at radius 1 is 0.846 bits per heavy atom. The summed E-state index contributed by atoms with van der Waals surface area (Å²) in [4.78, 5) is 0. The van der Waals surface area contributed by atoms with E-state index >= 15 is 0 Å². The second-order valence-electron chi connectivity index (χ2n) is 6.19. The van der Waals surface area contributed by atoms with Gasteiger partial charge < -0.3 is 5.32 Å². The molecule has 0 aliphatic rings. The quantitative estimate of drug-likeness (QED) is 0.660. The van der Waals surface area contributed by atoms with Crippen molar-refractivity contribution in [3.05, 3.63) is 0 Å². The monoisotopic (exact) mass is 185 g/mol. The van der Waals surface area contributed by atoms with Crippen LogP contribution in [0.15, 0.2) is 0 Å². The lowest BCUT2D eigenvalue weighted by Crippen LogP contribution is -2.36. The van der Waals surface area contributed by atoms with Crippen LogP contribution in [0.1, 0.15) is 60.8 Å². The summed E-state index contributed by atoms with van der Waals surface area (Å²) in [5, 5.41) is 3.51. The van der Waals surface area contributed by atoms with Crippen molar-refractivity contribution in [3.8, 4) is 0 Å². The lowest BCUT2D eigenvalue weighted by molar-refractivity contribution is 0.348. The van der Waals surface area contributed by atoms with E-state index in [0.29, 0.717) is 5.41 Å². The number of unbranched alkanes of at least 4 members (excludes halogenated alkanes) is 1. The SMILES string of the molecule is CC(C)(C)CCCCNC(C)(C)C. The largest absolute Gasteiger partial charge is 0.312 e. The Morgan fingerprint density at radius 2 is 1.38 bits per heavy atom. The van der Waals surface area contributed by atoms with Crippen molar-refractivity contribution in [2.45, 2.75) is 66.3 Å². The Bertz CT molecular complexity index is 109. The zero-order valence-corrected chi connectivity index (χ0v) is 10.3. The summed E-state index contributed by atoms with van der Waals surface area (Å²) in [6, 6.07) is 0. The Kier molecular flexibility index (Phi) is 4.98. The second kappa shape index (κ2) is 4.99. The topological polar surface area (TPSA) is 12.0 Å². The van der Waals surface area contributed by atoms with Gasteiger partial charge in [-0.05, 0) is 45.6 Å². The molecule has 1 nitrogen and oxygen atoms in total. The number of nitrogens with one attached hydrogen (secondary N) is 1. The molecule has 0 bridgehead atoms. The van der Waals surface area contributed by atoms with Crippen molar-refractivity contribution in [2.24, 2.45) is 5.41 Å². The van der Waals surface area contributed by atoms with Crippen LogP contribution in [-0.2, 0) is 0 Å². The first kappa shape index (κ1) is 13.0. The highest BCUT2D eigenvalue weighted by Gasteiger charge is 2.10. The van der Waals surface area contributed by atoms with Gasteiger partial charge in [-0.3, -0.25) is 0 Å². The average Bonchev–Trinajstić information content (AvgIpc) is 1.81. The minimum atomic E-state index is 0.279. The number of hydrogen-bond donors (Lipinski definition) is 1. The maximum atomic E-state index is 3.51. The molecule has 0 heterocycles. The number of rotatable bonds is 4. The zero-order chi connectivity index (χ0) is 10.5. The van der Waals surface area contributed by atoms with Crippen LogP contribution in [0.25, 0.3) is 0 Å². The van der Waals surface area contributed by atoms with Gasteiger partial charge in [0.25, 0.3) is 0 Å². The van der Waals surface area contributed by atoms with Gasteiger partial charge in [-0.25, -0.2) is 0 Å². The molecule has 1 heteroatoms. The lowest BCUT2D eigenvalue weighted by atomic mass is 9.90. The molecule has 13 heavy (non-hydrogen) atoms. The normalized spacial score (nSPS) is 13.4. The van der Waals surface area contributed by atoms with E-state index in [0.717, 1.165) is 6.54 Å². The molecule has 0 aromatic rings. The molecule has 0 spiro atoms. The first-order valence-corrected chi connectivity index (χ1v) is 5.46. The zero-order valence-electron chi connectivity index (χ0n) is 10.3. The molecule has 0 atom stereocenters. The van der Waals surface area contributed by atoms with E-state index < -0.39 is 0 Å². The van der Waals surface area contributed by atoms with E-state index in [2.05, 4.69) is 46.9 Å². The second-order valence-corrected chi connectivity index (χ2v) is 6.19. The van der Waals surface area contributed by atoms with Crippen molar-refractivity contribution in [3.63, 3.8) is 0 Å². The third kappa shape index (κ3) is 12.0. The maximum absolute atomic E-state index is 3.51. The van der Waals surface area contributed by atoms with Crippen LogP contribution in [0.5, 0.6) is 0 Å². The summed E-state index contributed by atoms with van der Waals surface area (Å²) < 4.78 is 0. The highest BCUT2D eigenvalue weighted by molar-refractivity contribution is 4.70. The Labute approximate surface area is 84.3 Å². The molecule has 0 saturated carbocycles. The average molecular weight is 185 g/mol. The highest BCUT2D eigenvalue weighted by atomic mass is 14.9. The smallest absolute Gasteiger partial charge is 0.00965 e. The molecule has 0 aliphatic carbocycles. The summed E-state index contributed by atoms with van der Waals surface area (Å²) >= 11 is 0. The Balaban J connectivity index is 3.28. The Morgan fingerprint density at radius 3 is 1.77 bits per heavy atom. The first-order chi connectivity index (χ1) is 5.71. The fraction of sp³-hybridized carbons (Fsp3) is 1.00. The van der Waals surface area contributed by atoms with Crippen LogP contribution in [0.4, 0.5) is 0 Å². The van der Waals surface area contributed by atoms with Gasteiger partial charge in [0.2, 0.25) is 0 Å². The van der Waals surface area contributed by atoms with Gasteiger partial charge in [0.15, 0.2) is 0 Å². The molecule has 0 saturated heterocycles. The third-order valence-electron chi connectivity index (χ3n) is 2.01. The fourth-order valence-corrected chi connectivity index (χ4v) is 1.24. The molecule has 0 radical (unpaired) electrons. The predicted molar refractivity (Wildman–Crippen MR) is 61.1 cm³/mol. The minimum Gasteiger partial charge on any atom is -0.312 e. The van der Waals surface area contributed by atoms with E-state index in [4.69, 9.17) is 0 Å². The van der Waals surface area contributed by atoms with Gasteiger partial charge in [0.1, 0.15) is 0 Å². The molecule has 0 aromatic heterocycles. The van der Waals surface area contributed by atoms with Crippen molar-refractivity contribution >= 4 is 0 Å². The summed E-state index contributed by atoms with van der Waals surface area (Å²) in [5.41, 5.74) is 0.781. The highest BCUT2D eigenvalue weighted by Crippen LogP contribution is 2.21. The molecule has 0 fully saturated rings. The molecule has 0 rings (SSSR count). The van der Waals surface area contributed by atoms with Gasteiger partial charge >= 0.3 is 0 Å². The summed E-state index contributed by atoms with van der Waals surface area (Å²) in [5.74, 6) is 0. The van der Waals surface area contributed by atoms with Gasteiger partial charge in [-0.1, -0.05) is 27.2 Å².